The molecule has 0 heterocycles. The summed E-state index contributed by atoms with van der Waals surface area (Å²) in [6, 6.07) is 0. The van der Waals surface area contributed by atoms with Crippen LogP contribution >= 0.6 is 12.4 Å². The van der Waals surface area contributed by atoms with E-state index in [1.165, 1.54) is 19.2 Å². The van der Waals surface area contributed by atoms with Gasteiger partial charge >= 0.3 is 6.09 Å². The van der Waals surface area contributed by atoms with Crippen LogP contribution < -0.4 is 0 Å². The average molecular weight is 180 g/mol. The summed E-state index contributed by atoms with van der Waals surface area (Å²) in [5.74, 6) is -0.509. The molecule has 0 aliphatic heterocycles. The van der Waals surface area contributed by atoms with Gasteiger partial charge in [-0.15, -0.1) is 12.4 Å². The highest BCUT2D eigenvalue weighted by molar-refractivity contribution is 5.90. The maximum Gasteiger partial charge on any atom is 0.418 e. The van der Waals surface area contributed by atoms with Gasteiger partial charge < -0.3 is 5.11 Å². The molecule has 5 heteroatoms. The van der Waals surface area contributed by atoms with Crippen LogP contribution in [0.2, 0.25) is 0 Å². The Morgan fingerprint density at radius 1 is 1.45 bits per heavy atom. The first kappa shape index (κ1) is 12.6. The van der Waals surface area contributed by atoms with Gasteiger partial charge in [-0.25, -0.2) is 9.69 Å². The Balaban J connectivity index is 0. The lowest BCUT2D eigenvalue weighted by molar-refractivity contribution is -0.124. The Morgan fingerprint density at radius 3 is 2.00 bits per heavy atom. The average Bonchev–Trinajstić information content (AvgIpc) is 1.81. The molecule has 0 bridgehead atoms. The lowest BCUT2D eigenvalue weighted by atomic mass is 10.5. The third-order valence-corrected chi connectivity index (χ3v) is 0.843. The van der Waals surface area contributed by atoms with E-state index in [-0.39, 0.29) is 12.4 Å². The number of carboxylic acid groups (broad SMARTS) is 1. The van der Waals surface area contributed by atoms with Crippen molar-refractivity contribution in [2.45, 2.75) is 13.8 Å². The van der Waals surface area contributed by atoms with Gasteiger partial charge in [0.25, 0.3) is 0 Å². The van der Waals surface area contributed by atoms with Gasteiger partial charge in [0.2, 0.25) is 5.91 Å². The van der Waals surface area contributed by atoms with E-state index in [4.69, 9.17) is 5.11 Å². The third kappa shape index (κ3) is 4.38. The highest BCUT2D eigenvalue weighted by atomic mass is 35.5. The first-order valence-electron chi connectivity index (χ1n) is 2.75. The zero-order chi connectivity index (χ0) is 8.15. The molecule has 0 saturated carbocycles. The molecule has 0 unspecified atom stereocenters. The molecule has 0 spiro atoms. The third-order valence-electron chi connectivity index (χ3n) is 0.843. The van der Waals surface area contributed by atoms with Crippen molar-refractivity contribution in [1.29, 1.82) is 0 Å². The molecule has 2 amide bonds. The molecule has 0 rings (SSSR count). The van der Waals surface area contributed by atoms with Gasteiger partial charge in [-0.2, -0.15) is 0 Å². The first-order valence-corrected chi connectivity index (χ1v) is 2.75. The topological polar surface area (TPSA) is 57.6 Å². The highest BCUT2D eigenvalue weighted by Gasteiger charge is 2.11. The molecule has 0 saturated heterocycles. The zero-order valence-corrected chi connectivity index (χ0v) is 7.09. The summed E-state index contributed by atoms with van der Waals surface area (Å²) < 4.78 is 0. The smallest absolute Gasteiger partial charge is 0.418 e. The van der Waals surface area contributed by atoms with Gasteiger partial charge in [-0.3, -0.25) is 4.79 Å². The van der Waals surface area contributed by atoms with Gasteiger partial charge in [0.05, 0.1) is 0 Å². The number of carbonyl (C=O) groups excluding carboxylic acids is 1. The molecular weight excluding hydrogens is 170 g/mol. The molecule has 0 aromatic heterocycles. The van der Waals surface area contributed by atoms with E-state index >= 15 is 0 Å². The van der Waals surface area contributed by atoms with Gasteiger partial charge in [0, 0.05) is 13.1 Å². The predicted octanol–water partition coefficient (Wildman–Crippen LogP) is 1.47. The van der Waals surface area contributed by atoms with Crippen molar-refractivity contribution in [3.63, 3.8) is 0 Å². The number of hydrogen-bond donors (Lipinski definition) is 1. The molecule has 0 aliphatic rings. The predicted molar refractivity (Wildman–Crippen MR) is 42.6 cm³/mol. The Kier molecular flexibility index (Phi) is 6.58. The Morgan fingerprint density at radius 2 is 1.91 bits per heavy atom. The second-order valence-electron chi connectivity index (χ2n) is 1.65. The lowest BCUT2D eigenvalue weighted by Gasteiger charge is -2.07. The number of amides is 2. The Hall–Kier alpha value is -1.03. The van der Waals surface area contributed by atoms with Crippen molar-refractivity contribution >= 4 is 24.4 Å². The molecule has 0 fully saturated rings. The number of hydrogen-bond acceptors (Lipinski definition) is 2. The minimum absolute atomic E-state index is 0. The van der Waals surface area contributed by atoms with Crippen molar-refractivity contribution in [3.05, 3.63) is 12.3 Å². The largest absolute Gasteiger partial charge is 0.464 e. The van der Waals surface area contributed by atoms with Crippen molar-refractivity contribution in [3.8, 4) is 0 Å². The fourth-order valence-electron chi connectivity index (χ4n) is 0.452. The van der Waals surface area contributed by atoms with Crippen LogP contribution in [-0.2, 0) is 4.79 Å². The van der Waals surface area contributed by atoms with E-state index in [0.29, 0.717) is 4.90 Å². The van der Waals surface area contributed by atoms with Crippen LogP contribution in [0, 0.1) is 0 Å². The fraction of sp³-hybridized carbons (Fsp3) is 0.333. The normalized spacial score (nSPS) is 8.91. The molecule has 0 radical (unpaired) electrons. The number of imide groups is 1. The van der Waals surface area contributed by atoms with Crippen LogP contribution in [0.5, 0.6) is 0 Å². The molecular formula is C6H10ClNO3. The summed E-state index contributed by atoms with van der Waals surface area (Å²) in [7, 11) is 0. The minimum Gasteiger partial charge on any atom is -0.464 e. The van der Waals surface area contributed by atoms with E-state index in [1.807, 2.05) is 0 Å². The zero-order valence-electron chi connectivity index (χ0n) is 6.27. The van der Waals surface area contributed by atoms with Crippen LogP contribution in [0.15, 0.2) is 12.3 Å². The Labute approximate surface area is 70.9 Å². The number of carbonyl (C=O) groups is 2. The maximum atomic E-state index is 10.5. The van der Waals surface area contributed by atoms with E-state index in [0.717, 1.165) is 0 Å². The summed E-state index contributed by atoms with van der Waals surface area (Å²) in [5.41, 5.74) is 0. The van der Waals surface area contributed by atoms with Crippen molar-refractivity contribution in [2.24, 2.45) is 0 Å². The van der Waals surface area contributed by atoms with Crippen LogP contribution in [0.4, 0.5) is 4.79 Å². The maximum absolute atomic E-state index is 10.5. The minimum atomic E-state index is -1.26. The summed E-state index contributed by atoms with van der Waals surface area (Å²) in [5, 5.41) is 8.33. The molecule has 0 atom stereocenters. The Bertz CT molecular complexity index is 165. The molecule has 0 aliphatic carbocycles. The molecule has 1 N–H and O–H groups in total. The van der Waals surface area contributed by atoms with Gasteiger partial charge in [-0.1, -0.05) is 6.08 Å². The summed E-state index contributed by atoms with van der Waals surface area (Å²) in [6.45, 7) is 2.83. The summed E-state index contributed by atoms with van der Waals surface area (Å²) in [6.07, 6.45) is 1.42. The van der Waals surface area contributed by atoms with Crippen LogP contribution in [0.25, 0.3) is 0 Å². The van der Waals surface area contributed by atoms with E-state index < -0.39 is 12.0 Å². The molecule has 11 heavy (non-hydrogen) atoms. The lowest BCUT2D eigenvalue weighted by Crippen LogP contribution is -2.28. The molecule has 64 valence electrons. The number of rotatable bonds is 1. The number of allylic oxidation sites excluding steroid dienone is 1. The van der Waals surface area contributed by atoms with Gasteiger partial charge in [0.1, 0.15) is 0 Å². The monoisotopic (exact) mass is 179 g/mol. The van der Waals surface area contributed by atoms with Crippen molar-refractivity contribution < 1.29 is 14.7 Å². The number of nitrogens with zero attached hydrogens (tertiary/aromatic N) is 1. The molecule has 0 aromatic rings. The van der Waals surface area contributed by atoms with E-state index in [1.54, 1.807) is 6.92 Å². The van der Waals surface area contributed by atoms with Gasteiger partial charge in [-0.05, 0) is 6.92 Å². The number of halogens is 1. The first-order chi connectivity index (χ1) is 4.59. The van der Waals surface area contributed by atoms with E-state index in [9.17, 15) is 9.59 Å². The van der Waals surface area contributed by atoms with E-state index in [2.05, 4.69) is 0 Å². The van der Waals surface area contributed by atoms with Gasteiger partial charge in [0.15, 0.2) is 0 Å². The van der Waals surface area contributed by atoms with Crippen LogP contribution in [0.1, 0.15) is 13.8 Å². The summed E-state index contributed by atoms with van der Waals surface area (Å²) >= 11 is 0. The van der Waals surface area contributed by atoms with Crippen LogP contribution in [0.3, 0.4) is 0 Å². The fourth-order valence-corrected chi connectivity index (χ4v) is 0.452. The summed E-state index contributed by atoms with van der Waals surface area (Å²) in [4.78, 5) is 21.3. The standard InChI is InChI=1S/C6H9NO3.ClH/c1-3-4-7(5(2)8)6(9)10;/h3-4H,1-2H3,(H,9,10);1H. The second kappa shape index (κ2) is 5.73. The molecule has 0 aromatic carbocycles. The highest BCUT2D eigenvalue weighted by Crippen LogP contribution is 1.91. The van der Waals surface area contributed by atoms with Crippen LogP contribution in [-0.4, -0.2) is 22.0 Å². The second-order valence-corrected chi connectivity index (χ2v) is 1.65. The van der Waals surface area contributed by atoms with Crippen molar-refractivity contribution in [2.75, 3.05) is 0 Å². The van der Waals surface area contributed by atoms with Crippen molar-refractivity contribution in [1.82, 2.24) is 4.90 Å². The SMILES string of the molecule is CC=CN(C(C)=O)C(=O)O.Cl. The quantitative estimate of drug-likeness (QED) is 0.663. The molecule has 4 nitrogen and oxygen atoms in total.